The number of imidazole rings is 1. The van der Waals surface area contributed by atoms with Gasteiger partial charge in [-0.25, -0.2) is 4.98 Å². The highest BCUT2D eigenvalue weighted by Gasteiger charge is 1.99. The summed E-state index contributed by atoms with van der Waals surface area (Å²) >= 11 is 0. The normalized spacial score (nSPS) is 9.71. The predicted molar refractivity (Wildman–Crippen MR) is 61.4 cm³/mol. The summed E-state index contributed by atoms with van der Waals surface area (Å²) in [6.07, 6.45) is 3.09. The molecular formula is C12H18N2. The lowest BCUT2D eigenvalue weighted by molar-refractivity contribution is 0.944. The fraction of sp³-hybridized carbons (Fsp3) is 0.417. The Bertz CT molecular complexity index is 402. The highest BCUT2D eigenvalue weighted by molar-refractivity contribution is 5.78. The lowest BCUT2D eigenvalue weighted by Gasteiger charge is -1.97. The second-order valence-electron chi connectivity index (χ2n) is 3.51. The monoisotopic (exact) mass is 190 g/mol. The third-order valence-corrected chi connectivity index (χ3v) is 1.94. The van der Waals surface area contributed by atoms with Crippen molar-refractivity contribution >= 4 is 11.0 Å². The molecule has 0 aliphatic heterocycles. The number of nitrogens with zero attached hydrogens (tertiary/aromatic N) is 2. The highest BCUT2D eigenvalue weighted by Crippen LogP contribution is 2.14. The molecule has 1 aromatic heterocycles. The molecule has 2 heteroatoms. The molecule has 76 valence electrons. The van der Waals surface area contributed by atoms with Crippen molar-refractivity contribution in [1.29, 1.82) is 0 Å². The van der Waals surface area contributed by atoms with Crippen LogP contribution in [0.4, 0.5) is 0 Å². The zero-order valence-electron chi connectivity index (χ0n) is 9.41. The number of benzene rings is 1. The second kappa shape index (κ2) is 4.80. The largest absolute Gasteiger partial charge is 0.334 e. The van der Waals surface area contributed by atoms with Crippen molar-refractivity contribution in [3.8, 4) is 0 Å². The highest BCUT2D eigenvalue weighted by atomic mass is 15.0. The molecule has 0 aliphatic carbocycles. The van der Waals surface area contributed by atoms with Gasteiger partial charge >= 0.3 is 0 Å². The van der Waals surface area contributed by atoms with Crippen LogP contribution in [0.25, 0.3) is 11.0 Å². The van der Waals surface area contributed by atoms with E-state index in [9.17, 15) is 0 Å². The molecule has 0 atom stereocenters. The molecule has 0 bridgehead atoms. The van der Waals surface area contributed by atoms with Crippen molar-refractivity contribution in [2.24, 2.45) is 7.05 Å². The van der Waals surface area contributed by atoms with Gasteiger partial charge in [0, 0.05) is 7.05 Å². The Hall–Kier alpha value is -1.31. The first kappa shape index (κ1) is 10.8. The van der Waals surface area contributed by atoms with E-state index in [4.69, 9.17) is 0 Å². The van der Waals surface area contributed by atoms with E-state index < -0.39 is 0 Å². The van der Waals surface area contributed by atoms with Crippen LogP contribution in [0.5, 0.6) is 0 Å². The summed E-state index contributed by atoms with van der Waals surface area (Å²) in [5, 5.41) is 0. The first-order valence-electron chi connectivity index (χ1n) is 5.07. The average Bonchev–Trinajstić information content (AvgIpc) is 2.51. The van der Waals surface area contributed by atoms with E-state index in [1.54, 1.807) is 0 Å². The molecule has 0 aliphatic rings. The zero-order valence-corrected chi connectivity index (χ0v) is 9.41. The fourth-order valence-electron chi connectivity index (χ4n) is 1.41. The average molecular weight is 190 g/mol. The van der Waals surface area contributed by atoms with Crippen molar-refractivity contribution in [3.63, 3.8) is 0 Å². The smallest absolute Gasteiger partial charge is 0.0955 e. The van der Waals surface area contributed by atoms with Crippen LogP contribution in [0, 0.1) is 6.92 Å². The summed E-state index contributed by atoms with van der Waals surface area (Å²) in [5.41, 5.74) is 3.59. The van der Waals surface area contributed by atoms with Crippen molar-refractivity contribution in [1.82, 2.24) is 9.55 Å². The first-order chi connectivity index (χ1) is 6.70. The zero-order chi connectivity index (χ0) is 10.6. The molecule has 2 aromatic rings. The van der Waals surface area contributed by atoms with Gasteiger partial charge in [0.05, 0.1) is 17.4 Å². The standard InChI is InChI=1S/C9H10N2.C3H8/c1-7-4-3-5-8-9(7)11(2)6-10-8;1-3-2/h3-6H,1-2H3;3H2,1-2H3. The van der Waals surface area contributed by atoms with Crippen LogP contribution in [0.15, 0.2) is 24.5 Å². The van der Waals surface area contributed by atoms with Crippen molar-refractivity contribution < 1.29 is 0 Å². The molecule has 2 nitrogen and oxygen atoms in total. The van der Waals surface area contributed by atoms with Gasteiger partial charge in [0.25, 0.3) is 0 Å². The summed E-state index contributed by atoms with van der Waals surface area (Å²) in [7, 11) is 2.02. The van der Waals surface area contributed by atoms with Crippen LogP contribution in [-0.2, 0) is 7.05 Å². The summed E-state index contributed by atoms with van der Waals surface area (Å²) in [5.74, 6) is 0. The third kappa shape index (κ3) is 2.13. The van der Waals surface area contributed by atoms with E-state index in [-0.39, 0.29) is 0 Å². The van der Waals surface area contributed by atoms with E-state index in [0.717, 1.165) is 5.52 Å². The molecule has 1 heterocycles. The maximum Gasteiger partial charge on any atom is 0.0955 e. The molecule has 0 unspecified atom stereocenters. The first-order valence-corrected chi connectivity index (χ1v) is 5.07. The second-order valence-corrected chi connectivity index (χ2v) is 3.51. The lowest BCUT2D eigenvalue weighted by Crippen LogP contribution is -1.86. The molecule has 0 N–H and O–H groups in total. The Balaban J connectivity index is 0.000000293. The Kier molecular flexibility index (Phi) is 3.69. The summed E-state index contributed by atoms with van der Waals surface area (Å²) in [6, 6.07) is 6.16. The van der Waals surface area contributed by atoms with Gasteiger partial charge < -0.3 is 4.57 Å². The topological polar surface area (TPSA) is 17.8 Å². The molecule has 14 heavy (non-hydrogen) atoms. The minimum absolute atomic E-state index is 1.08. The Morgan fingerprint density at radius 1 is 1.29 bits per heavy atom. The van der Waals surface area contributed by atoms with Gasteiger partial charge in [0.1, 0.15) is 0 Å². The number of hydrogen-bond acceptors (Lipinski definition) is 1. The number of fused-ring (bicyclic) bond motifs is 1. The fourth-order valence-corrected chi connectivity index (χ4v) is 1.41. The third-order valence-electron chi connectivity index (χ3n) is 1.94. The number of para-hydroxylation sites is 1. The molecular weight excluding hydrogens is 172 g/mol. The summed E-state index contributed by atoms with van der Waals surface area (Å²) < 4.78 is 2.05. The Labute approximate surface area is 85.6 Å². The maximum absolute atomic E-state index is 4.24. The van der Waals surface area contributed by atoms with Crippen LogP contribution in [0.1, 0.15) is 25.8 Å². The van der Waals surface area contributed by atoms with Crippen molar-refractivity contribution in [3.05, 3.63) is 30.1 Å². The number of aryl methyl sites for hydroxylation is 2. The van der Waals surface area contributed by atoms with Crippen molar-refractivity contribution in [2.45, 2.75) is 27.2 Å². The molecule has 2 rings (SSSR count). The maximum atomic E-state index is 4.24. The van der Waals surface area contributed by atoms with Crippen LogP contribution >= 0.6 is 0 Å². The van der Waals surface area contributed by atoms with Crippen molar-refractivity contribution in [2.75, 3.05) is 0 Å². The number of rotatable bonds is 0. The molecule has 0 amide bonds. The molecule has 1 aromatic carbocycles. The minimum atomic E-state index is 1.08. The quantitative estimate of drug-likeness (QED) is 0.623. The van der Waals surface area contributed by atoms with Crippen LogP contribution in [0.2, 0.25) is 0 Å². The number of hydrogen-bond donors (Lipinski definition) is 0. The summed E-state index contributed by atoms with van der Waals surface area (Å²) in [4.78, 5) is 4.24. The molecule has 0 fully saturated rings. The van der Waals surface area contributed by atoms with Crippen LogP contribution in [-0.4, -0.2) is 9.55 Å². The van der Waals surface area contributed by atoms with Crippen LogP contribution < -0.4 is 0 Å². The van der Waals surface area contributed by atoms with Crippen LogP contribution in [0.3, 0.4) is 0 Å². The van der Waals surface area contributed by atoms with E-state index in [1.165, 1.54) is 17.5 Å². The van der Waals surface area contributed by atoms with Gasteiger partial charge in [-0.3, -0.25) is 0 Å². The van der Waals surface area contributed by atoms with Gasteiger partial charge in [0.15, 0.2) is 0 Å². The Morgan fingerprint density at radius 3 is 2.50 bits per heavy atom. The van der Waals surface area contributed by atoms with Gasteiger partial charge in [0.2, 0.25) is 0 Å². The van der Waals surface area contributed by atoms with E-state index in [1.807, 2.05) is 30.1 Å². The molecule has 0 radical (unpaired) electrons. The molecule has 0 saturated carbocycles. The number of aromatic nitrogens is 2. The van der Waals surface area contributed by atoms with E-state index in [0.29, 0.717) is 0 Å². The van der Waals surface area contributed by atoms with E-state index >= 15 is 0 Å². The van der Waals surface area contributed by atoms with Gasteiger partial charge in [-0.1, -0.05) is 32.4 Å². The Morgan fingerprint density at radius 2 is 1.93 bits per heavy atom. The molecule has 0 saturated heterocycles. The minimum Gasteiger partial charge on any atom is -0.334 e. The van der Waals surface area contributed by atoms with Gasteiger partial charge in [-0.15, -0.1) is 0 Å². The molecule has 0 spiro atoms. The lowest BCUT2D eigenvalue weighted by atomic mass is 10.2. The van der Waals surface area contributed by atoms with E-state index in [2.05, 4.69) is 31.8 Å². The van der Waals surface area contributed by atoms with Gasteiger partial charge in [-0.2, -0.15) is 0 Å². The SMILES string of the molecule is CCC.Cc1cccc2ncn(C)c12. The predicted octanol–water partition coefficient (Wildman–Crippen LogP) is 3.30. The van der Waals surface area contributed by atoms with Gasteiger partial charge in [-0.05, 0) is 18.6 Å². The summed E-state index contributed by atoms with van der Waals surface area (Å²) in [6.45, 7) is 6.35.